The minimum Gasteiger partial charge on any atom is -0.314 e. The molecule has 1 saturated carbocycles. The molecule has 178 valence electrons. The molecule has 0 radical (unpaired) electrons. The Hall–Kier alpha value is -3.26. The molecule has 2 aromatic heterocycles. The van der Waals surface area contributed by atoms with Crippen LogP contribution in [0.25, 0.3) is 28.1 Å². The zero-order valence-electron chi connectivity index (χ0n) is 19.0. The number of fused-ring (bicyclic) bond motifs is 1. The average Bonchev–Trinajstić information content (AvgIpc) is 2.83. The number of pyridine rings is 1. The molecule has 1 aliphatic carbocycles. The minimum atomic E-state index is -0.291. The lowest BCUT2D eigenvalue weighted by Gasteiger charge is -2.27. The Morgan fingerprint density at radius 1 is 1.09 bits per heavy atom. The first kappa shape index (κ1) is 23.5. The van der Waals surface area contributed by atoms with Gasteiger partial charge in [0.2, 0.25) is 5.91 Å². The van der Waals surface area contributed by atoms with Crippen LogP contribution in [0.4, 0.5) is 5.69 Å². The predicted octanol–water partition coefficient (Wildman–Crippen LogP) is 4.86. The first-order valence-corrected chi connectivity index (χ1v) is 12.1. The summed E-state index contributed by atoms with van der Waals surface area (Å²) >= 11 is 12.2. The van der Waals surface area contributed by atoms with Crippen LogP contribution in [-0.2, 0) is 4.79 Å². The number of anilines is 1. The quantitative estimate of drug-likeness (QED) is 0.403. The lowest BCUT2D eigenvalue weighted by atomic mass is 9.93. The van der Waals surface area contributed by atoms with E-state index in [-0.39, 0.29) is 11.5 Å². The topological polar surface area (TPSA) is 80.1 Å². The molecule has 2 heterocycles. The first-order chi connectivity index (χ1) is 16.9. The van der Waals surface area contributed by atoms with Gasteiger partial charge in [-0.3, -0.25) is 9.59 Å². The number of halogens is 2. The number of nitrogens with one attached hydrogen (secondary N) is 1. The van der Waals surface area contributed by atoms with Gasteiger partial charge in [-0.25, -0.2) is 14.5 Å². The van der Waals surface area contributed by atoms with Crippen LogP contribution >= 0.6 is 23.2 Å². The van der Waals surface area contributed by atoms with Crippen molar-refractivity contribution in [2.75, 3.05) is 18.5 Å². The van der Waals surface area contributed by atoms with Gasteiger partial charge in [0.1, 0.15) is 11.6 Å². The number of benzene rings is 2. The normalized spacial score (nSPS) is 13.6. The number of rotatable bonds is 6. The summed E-state index contributed by atoms with van der Waals surface area (Å²) in [6, 6.07) is 16.2. The van der Waals surface area contributed by atoms with E-state index in [0.717, 1.165) is 18.5 Å². The van der Waals surface area contributed by atoms with Crippen molar-refractivity contribution in [2.24, 2.45) is 0 Å². The van der Waals surface area contributed by atoms with Crippen LogP contribution in [0.1, 0.15) is 19.3 Å². The highest BCUT2D eigenvalue weighted by atomic mass is 35.5. The SMILES string of the molecule is CN(C(=O)CNC1CCC1)c1ccc(-c2nc3ccc(Cl)cc3c(=O)n2-c2ccc(Cl)cn2)cc1. The van der Waals surface area contributed by atoms with Crippen molar-refractivity contribution >= 4 is 45.7 Å². The third kappa shape index (κ3) is 4.80. The van der Waals surface area contributed by atoms with Crippen LogP contribution < -0.4 is 15.8 Å². The summed E-state index contributed by atoms with van der Waals surface area (Å²) in [5.41, 5.74) is 1.69. The smallest absolute Gasteiger partial charge is 0.267 e. The summed E-state index contributed by atoms with van der Waals surface area (Å²) in [4.78, 5) is 36.8. The fraction of sp³-hybridized carbons (Fsp3) is 0.231. The minimum absolute atomic E-state index is 0.00682. The van der Waals surface area contributed by atoms with E-state index in [4.69, 9.17) is 28.2 Å². The highest BCUT2D eigenvalue weighted by Gasteiger charge is 2.20. The van der Waals surface area contributed by atoms with Crippen molar-refractivity contribution in [3.05, 3.63) is 81.2 Å². The van der Waals surface area contributed by atoms with Crippen molar-refractivity contribution in [3.63, 3.8) is 0 Å². The molecule has 1 N–H and O–H groups in total. The summed E-state index contributed by atoms with van der Waals surface area (Å²) in [5.74, 6) is 0.807. The Kier molecular flexibility index (Phi) is 6.56. The molecule has 4 aromatic rings. The van der Waals surface area contributed by atoms with Crippen LogP contribution in [0.2, 0.25) is 10.0 Å². The van der Waals surface area contributed by atoms with Crippen LogP contribution in [0.15, 0.2) is 65.6 Å². The second-order valence-electron chi connectivity index (χ2n) is 8.58. The van der Waals surface area contributed by atoms with Crippen molar-refractivity contribution in [3.8, 4) is 17.2 Å². The lowest BCUT2D eigenvalue weighted by Crippen LogP contribution is -2.42. The molecule has 1 aliphatic rings. The predicted molar refractivity (Wildman–Crippen MR) is 140 cm³/mol. The summed E-state index contributed by atoms with van der Waals surface area (Å²) in [6.07, 6.45) is 4.95. The van der Waals surface area contributed by atoms with Crippen LogP contribution in [-0.4, -0.2) is 40.1 Å². The maximum Gasteiger partial charge on any atom is 0.267 e. The highest BCUT2D eigenvalue weighted by Crippen LogP contribution is 2.26. The largest absolute Gasteiger partial charge is 0.314 e. The summed E-state index contributed by atoms with van der Waals surface area (Å²) < 4.78 is 1.45. The number of aromatic nitrogens is 3. The van der Waals surface area contributed by atoms with Crippen molar-refractivity contribution in [2.45, 2.75) is 25.3 Å². The van der Waals surface area contributed by atoms with Gasteiger partial charge in [-0.1, -0.05) is 29.6 Å². The van der Waals surface area contributed by atoms with Gasteiger partial charge in [-0.05, 0) is 67.4 Å². The maximum atomic E-state index is 13.5. The molecule has 5 rings (SSSR count). The Morgan fingerprint density at radius 3 is 2.49 bits per heavy atom. The molecule has 0 unspecified atom stereocenters. The van der Waals surface area contributed by atoms with E-state index in [2.05, 4.69) is 10.3 Å². The molecular formula is C26H23Cl2N5O2. The van der Waals surface area contributed by atoms with Crippen LogP contribution in [0.3, 0.4) is 0 Å². The number of hydrogen-bond acceptors (Lipinski definition) is 5. The van der Waals surface area contributed by atoms with Gasteiger partial charge in [-0.15, -0.1) is 0 Å². The number of hydrogen-bond donors (Lipinski definition) is 1. The highest BCUT2D eigenvalue weighted by molar-refractivity contribution is 6.31. The van der Waals surface area contributed by atoms with E-state index in [1.807, 2.05) is 24.3 Å². The fourth-order valence-corrected chi connectivity index (χ4v) is 4.29. The van der Waals surface area contributed by atoms with Gasteiger partial charge in [0.25, 0.3) is 5.56 Å². The number of amides is 1. The van der Waals surface area contributed by atoms with Crippen LogP contribution in [0, 0.1) is 0 Å². The van der Waals surface area contributed by atoms with Gasteiger partial charge in [0, 0.05) is 35.6 Å². The summed E-state index contributed by atoms with van der Waals surface area (Å²) in [6.45, 7) is 0.305. The molecule has 0 aliphatic heterocycles. The van der Waals surface area contributed by atoms with Gasteiger partial charge >= 0.3 is 0 Å². The lowest BCUT2D eigenvalue weighted by molar-refractivity contribution is -0.117. The molecule has 9 heteroatoms. The first-order valence-electron chi connectivity index (χ1n) is 11.4. The summed E-state index contributed by atoms with van der Waals surface area (Å²) in [7, 11) is 1.76. The third-order valence-electron chi connectivity index (χ3n) is 6.31. The van der Waals surface area contributed by atoms with Crippen molar-refractivity contribution < 1.29 is 4.79 Å². The van der Waals surface area contributed by atoms with E-state index in [9.17, 15) is 9.59 Å². The van der Waals surface area contributed by atoms with Gasteiger partial charge in [0.05, 0.1) is 22.5 Å². The van der Waals surface area contributed by atoms with E-state index >= 15 is 0 Å². The standard InChI is InChI=1S/C26H23Cl2N5O2/c1-32(24(34)15-29-19-3-2-4-19)20-9-5-16(6-10-20)25-31-22-11-7-17(27)13-21(22)26(35)33(25)23-12-8-18(28)14-30-23/h5-14,19,29H,2-4,15H2,1H3. The van der Waals surface area contributed by atoms with Crippen LogP contribution in [0.5, 0.6) is 0 Å². The number of likely N-dealkylation sites (N-methyl/N-ethyl adjacent to an activating group) is 1. The van der Waals surface area contributed by atoms with Gasteiger partial charge in [-0.2, -0.15) is 0 Å². The average molecular weight is 508 g/mol. The molecule has 35 heavy (non-hydrogen) atoms. The number of nitrogens with zero attached hydrogens (tertiary/aromatic N) is 4. The molecule has 0 spiro atoms. The van der Waals surface area contributed by atoms with E-state index in [0.29, 0.717) is 50.7 Å². The van der Waals surface area contributed by atoms with Gasteiger partial charge < -0.3 is 10.2 Å². The molecule has 2 aromatic carbocycles. The van der Waals surface area contributed by atoms with E-state index < -0.39 is 0 Å². The molecule has 1 fully saturated rings. The van der Waals surface area contributed by atoms with E-state index in [1.54, 1.807) is 42.3 Å². The fourth-order valence-electron chi connectivity index (χ4n) is 4.00. The molecule has 0 atom stereocenters. The Balaban J connectivity index is 1.52. The second kappa shape index (κ2) is 9.77. The van der Waals surface area contributed by atoms with E-state index in [1.165, 1.54) is 17.2 Å². The molecule has 0 bridgehead atoms. The number of carbonyl (C=O) groups is 1. The summed E-state index contributed by atoms with van der Waals surface area (Å²) in [5, 5.41) is 4.60. The molecule has 1 amide bonds. The molecular weight excluding hydrogens is 485 g/mol. The molecule has 7 nitrogen and oxygen atoms in total. The second-order valence-corrected chi connectivity index (χ2v) is 9.45. The van der Waals surface area contributed by atoms with Gasteiger partial charge in [0.15, 0.2) is 0 Å². The monoisotopic (exact) mass is 507 g/mol. The molecule has 0 saturated heterocycles. The Morgan fingerprint density at radius 2 is 1.83 bits per heavy atom. The van der Waals surface area contributed by atoms with Crippen molar-refractivity contribution in [1.82, 2.24) is 19.9 Å². The number of carbonyl (C=O) groups excluding carboxylic acids is 1. The Bertz CT molecular complexity index is 1450. The Labute approximate surface area is 212 Å². The maximum absolute atomic E-state index is 13.5. The zero-order chi connectivity index (χ0) is 24.5. The zero-order valence-corrected chi connectivity index (χ0v) is 20.6. The third-order valence-corrected chi connectivity index (χ3v) is 6.76. The van der Waals surface area contributed by atoms with Crippen molar-refractivity contribution in [1.29, 1.82) is 0 Å².